The summed E-state index contributed by atoms with van der Waals surface area (Å²) < 4.78 is 5.69. The van der Waals surface area contributed by atoms with Gasteiger partial charge in [0, 0.05) is 17.7 Å². The summed E-state index contributed by atoms with van der Waals surface area (Å²) in [5.74, 6) is 0.714. The molecule has 0 atom stereocenters. The van der Waals surface area contributed by atoms with Gasteiger partial charge in [0.1, 0.15) is 5.75 Å². The van der Waals surface area contributed by atoms with Crippen LogP contribution in [0.5, 0.6) is 5.75 Å². The van der Waals surface area contributed by atoms with Crippen molar-refractivity contribution >= 4 is 11.6 Å². The Bertz CT molecular complexity index is 624. The molecule has 1 N–H and O–H groups in total. The minimum atomic E-state index is 0.105. The number of hydrogen-bond donors (Lipinski definition) is 1. The molecule has 1 aromatic heterocycles. The first kappa shape index (κ1) is 17.8. The lowest BCUT2D eigenvalue weighted by Gasteiger charge is -2.16. The molecule has 0 radical (unpaired) electrons. The molecule has 0 aliphatic rings. The van der Waals surface area contributed by atoms with Crippen molar-refractivity contribution in [2.24, 2.45) is 0 Å². The molecule has 0 fully saturated rings. The van der Waals surface area contributed by atoms with Crippen molar-refractivity contribution < 1.29 is 4.74 Å². The SMILES string of the molecule is CCCCN(C)Cc1cn[nH]c1-c1ccc(OC(C)C)c(Cl)c1. The number of rotatable bonds is 8. The number of nitrogens with zero attached hydrogens (tertiary/aromatic N) is 2. The van der Waals surface area contributed by atoms with Gasteiger partial charge in [-0.05, 0) is 52.1 Å². The van der Waals surface area contributed by atoms with Crippen molar-refractivity contribution in [2.45, 2.75) is 46.3 Å². The van der Waals surface area contributed by atoms with Crippen LogP contribution in [0.2, 0.25) is 5.02 Å². The second kappa shape index (κ2) is 8.37. The number of unbranched alkanes of at least 4 members (excludes halogenated alkanes) is 1. The number of nitrogens with one attached hydrogen (secondary N) is 1. The maximum Gasteiger partial charge on any atom is 0.138 e. The van der Waals surface area contributed by atoms with Crippen LogP contribution in [0.4, 0.5) is 0 Å². The highest BCUT2D eigenvalue weighted by atomic mass is 35.5. The number of aromatic nitrogens is 2. The highest BCUT2D eigenvalue weighted by Gasteiger charge is 2.12. The average molecular weight is 336 g/mol. The van der Waals surface area contributed by atoms with E-state index in [4.69, 9.17) is 16.3 Å². The van der Waals surface area contributed by atoms with Crippen molar-refractivity contribution in [3.8, 4) is 17.0 Å². The van der Waals surface area contributed by atoms with Gasteiger partial charge >= 0.3 is 0 Å². The molecule has 0 aliphatic carbocycles. The monoisotopic (exact) mass is 335 g/mol. The Hall–Kier alpha value is -1.52. The smallest absolute Gasteiger partial charge is 0.138 e. The summed E-state index contributed by atoms with van der Waals surface area (Å²) in [6.07, 6.45) is 4.41. The summed E-state index contributed by atoms with van der Waals surface area (Å²) in [5, 5.41) is 7.92. The maximum atomic E-state index is 6.35. The van der Waals surface area contributed by atoms with Crippen LogP contribution in [0, 0.1) is 0 Å². The normalized spacial score (nSPS) is 11.4. The van der Waals surface area contributed by atoms with Gasteiger partial charge in [-0.25, -0.2) is 0 Å². The van der Waals surface area contributed by atoms with Crippen LogP contribution in [0.15, 0.2) is 24.4 Å². The number of aromatic amines is 1. The Labute approximate surface area is 143 Å². The third kappa shape index (κ3) is 4.98. The first-order valence-electron chi connectivity index (χ1n) is 8.18. The molecular weight excluding hydrogens is 310 g/mol. The van der Waals surface area contributed by atoms with E-state index >= 15 is 0 Å². The highest BCUT2D eigenvalue weighted by Crippen LogP contribution is 2.31. The van der Waals surface area contributed by atoms with Gasteiger partial charge in [-0.3, -0.25) is 5.10 Å². The molecule has 0 spiro atoms. The van der Waals surface area contributed by atoms with E-state index in [0.29, 0.717) is 10.8 Å². The van der Waals surface area contributed by atoms with Gasteiger partial charge < -0.3 is 9.64 Å². The fraction of sp³-hybridized carbons (Fsp3) is 0.500. The molecule has 0 saturated heterocycles. The fourth-order valence-electron chi connectivity index (χ4n) is 2.48. The van der Waals surface area contributed by atoms with Crippen LogP contribution in [0.3, 0.4) is 0 Å². The Morgan fingerprint density at radius 3 is 2.78 bits per heavy atom. The zero-order chi connectivity index (χ0) is 16.8. The van der Waals surface area contributed by atoms with E-state index in [1.807, 2.05) is 38.2 Å². The van der Waals surface area contributed by atoms with E-state index in [1.54, 1.807) is 0 Å². The molecule has 1 heterocycles. The lowest BCUT2D eigenvalue weighted by Crippen LogP contribution is -2.19. The first-order chi connectivity index (χ1) is 11.0. The molecule has 0 bridgehead atoms. The van der Waals surface area contributed by atoms with E-state index in [-0.39, 0.29) is 6.10 Å². The highest BCUT2D eigenvalue weighted by molar-refractivity contribution is 6.32. The van der Waals surface area contributed by atoms with Gasteiger partial charge in [0.25, 0.3) is 0 Å². The lowest BCUT2D eigenvalue weighted by atomic mass is 10.1. The minimum absolute atomic E-state index is 0.105. The van der Waals surface area contributed by atoms with Gasteiger partial charge in [0.15, 0.2) is 0 Å². The number of H-pyrrole nitrogens is 1. The molecule has 5 heteroatoms. The number of benzene rings is 1. The van der Waals surface area contributed by atoms with Crippen molar-refractivity contribution in [3.63, 3.8) is 0 Å². The third-order valence-corrected chi connectivity index (χ3v) is 3.93. The molecule has 0 unspecified atom stereocenters. The lowest BCUT2D eigenvalue weighted by molar-refractivity contribution is 0.242. The minimum Gasteiger partial charge on any atom is -0.489 e. The van der Waals surface area contributed by atoms with Gasteiger partial charge in [-0.15, -0.1) is 0 Å². The van der Waals surface area contributed by atoms with Crippen LogP contribution in [0.1, 0.15) is 39.2 Å². The molecule has 4 nitrogen and oxygen atoms in total. The summed E-state index contributed by atoms with van der Waals surface area (Å²) in [6, 6.07) is 5.87. The van der Waals surface area contributed by atoms with Crippen molar-refractivity contribution in [1.82, 2.24) is 15.1 Å². The van der Waals surface area contributed by atoms with Crippen molar-refractivity contribution in [1.29, 1.82) is 0 Å². The van der Waals surface area contributed by atoms with Crippen LogP contribution in [0.25, 0.3) is 11.3 Å². The summed E-state index contributed by atoms with van der Waals surface area (Å²) in [5.41, 5.74) is 3.23. The topological polar surface area (TPSA) is 41.2 Å². The molecule has 0 aliphatic heterocycles. The molecule has 2 aromatic rings. The largest absolute Gasteiger partial charge is 0.489 e. The number of hydrogen-bond acceptors (Lipinski definition) is 3. The summed E-state index contributed by atoms with van der Waals surface area (Å²) in [4.78, 5) is 2.32. The maximum absolute atomic E-state index is 6.35. The summed E-state index contributed by atoms with van der Waals surface area (Å²) >= 11 is 6.35. The first-order valence-corrected chi connectivity index (χ1v) is 8.56. The predicted molar refractivity (Wildman–Crippen MR) is 96.0 cm³/mol. The molecule has 0 saturated carbocycles. The van der Waals surface area contributed by atoms with E-state index in [9.17, 15) is 0 Å². The van der Waals surface area contributed by atoms with Gasteiger partial charge in [0.05, 0.1) is 23.0 Å². The predicted octanol–water partition coefficient (Wildman–Crippen LogP) is 4.75. The second-order valence-electron chi connectivity index (χ2n) is 6.17. The average Bonchev–Trinajstić information content (AvgIpc) is 2.95. The Morgan fingerprint density at radius 2 is 2.13 bits per heavy atom. The van der Waals surface area contributed by atoms with Gasteiger partial charge in [-0.2, -0.15) is 5.10 Å². The molecule has 126 valence electrons. The van der Waals surface area contributed by atoms with E-state index in [1.165, 1.54) is 18.4 Å². The second-order valence-corrected chi connectivity index (χ2v) is 6.58. The molecule has 0 amide bonds. The molecule has 1 aromatic carbocycles. The zero-order valence-electron chi connectivity index (χ0n) is 14.4. The fourth-order valence-corrected chi connectivity index (χ4v) is 2.71. The quantitative estimate of drug-likeness (QED) is 0.756. The standard InChI is InChI=1S/C18H26ClN3O/c1-5-6-9-22(4)12-15-11-20-21-18(15)14-7-8-17(16(19)10-14)23-13(2)3/h7-8,10-11,13H,5-6,9,12H2,1-4H3,(H,20,21). The zero-order valence-corrected chi connectivity index (χ0v) is 15.2. The van der Waals surface area contributed by atoms with Crippen molar-refractivity contribution in [3.05, 3.63) is 35.0 Å². The van der Waals surface area contributed by atoms with Crippen molar-refractivity contribution in [2.75, 3.05) is 13.6 Å². The van der Waals surface area contributed by atoms with E-state index < -0.39 is 0 Å². The van der Waals surface area contributed by atoms with Crippen LogP contribution < -0.4 is 4.74 Å². The van der Waals surface area contributed by atoms with Gasteiger partial charge in [-0.1, -0.05) is 24.9 Å². The molecular formula is C18H26ClN3O. The van der Waals surface area contributed by atoms with Crippen LogP contribution in [-0.2, 0) is 6.54 Å². The number of halogens is 1. The number of ether oxygens (including phenoxy) is 1. The Kier molecular flexibility index (Phi) is 6.48. The van der Waals surface area contributed by atoms with Crippen LogP contribution >= 0.6 is 11.6 Å². The summed E-state index contributed by atoms with van der Waals surface area (Å²) in [6.45, 7) is 8.14. The van der Waals surface area contributed by atoms with E-state index in [0.717, 1.165) is 24.3 Å². The Balaban J connectivity index is 2.16. The molecule has 2 rings (SSSR count). The summed E-state index contributed by atoms with van der Waals surface area (Å²) in [7, 11) is 2.14. The van der Waals surface area contributed by atoms with E-state index in [2.05, 4.69) is 29.1 Å². The third-order valence-electron chi connectivity index (χ3n) is 3.63. The Morgan fingerprint density at radius 1 is 1.35 bits per heavy atom. The molecule has 23 heavy (non-hydrogen) atoms. The van der Waals surface area contributed by atoms with Crippen LogP contribution in [-0.4, -0.2) is 34.8 Å². The van der Waals surface area contributed by atoms with Gasteiger partial charge in [0.2, 0.25) is 0 Å².